The van der Waals surface area contributed by atoms with Gasteiger partial charge in [0.15, 0.2) is 5.82 Å². The number of piperidine rings is 1. The molecule has 38 heavy (non-hydrogen) atoms. The highest BCUT2D eigenvalue weighted by atomic mass is 16.3. The van der Waals surface area contributed by atoms with Gasteiger partial charge in [-0.05, 0) is 67.5 Å². The van der Waals surface area contributed by atoms with Gasteiger partial charge in [-0.15, -0.1) is 0 Å². The topological polar surface area (TPSA) is 119 Å². The molecule has 4 N–H and O–H groups in total. The molecule has 0 bridgehead atoms. The fraction of sp³-hybridized carbons (Fsp3) is 0.379. The molecule has 2 fully saturated rings. The summed E-state index contributed by atoms with van der Waals surface area (Å²) < 4.78 is 0. The molecule has 9 heteroatoms. The molecule has 3 aromatic heterocycles. The molecule has 196 valence electrons. The lowest BCUT2D eigenvalue weighted by molar-refractivity contribution is 0.00792. The smallest absolute Gasteiger partial charge is 0.162 e. The maximum atomic E-state index is 10.4. The van der Waals surface area contributed by atoms with Gasteiger partial charge in [0.2, 0.25) is 0 Å². The Kier molecular flexibility index (Phi) is 6.78. The number of hydrogen-bond donors (Lipinski definition) is 4. The number of pyridine rings is 2. The lowest BCUT2D eigenvalue weighted by Crippen LogP contribution is -2.47. The Morgan fingerprint density at radius 3 is 2.68 bits per heavy atom. The van der Waals surface area contributed by atoms with Crippen molar-refractivity contribution in [3.8, 4) is 11.4 Å². The van der Waals surface area contributed by atoms with Crippen molar-refractivity contribution in [2.24, 2.45) is 0 Å². The summed E-state index contributed by atoms with van der Waals surface area (Å²) in [5, 5.41) is 28.4. The average Bonchev–Trinajstić information content (AvgIpc) is 3.78. The Morgan fingerprint density at radius 1 is 1.00 bits per heavy atom. The summed E-state index contributed by atoms with van der Waals surface area (Å²) in [4.78, 5) is 21.1. The van der Waals surface area contributed by atoms with Gasteiger partial charge in [-0.1, -0.05) is 13.0 Å². The van der Waals surface area contributed by atoms with Crippen LogP contribution in [0.3, 0.4) is 0 Å². The van der Waals surface area contributed by atoms with Crippen molar-refractivity contribution < 1.29 is 10.2 Å². The van der Waals surface area contributed by atoms with E-state index in [1.54, 1.807) is 12.4 Å². The van der Waals surface area contributed by atoms with Crippen molar-refractivity contribution in [1.29, 1.82) is 0 Å². The summed E-state index contributed by atoms with van der Waals surface area (Å²) in [6, 6.07) is 12.0. The number of fused-ring (bicyclic) bond motifs is 1. The number of benzene rings is 1. The Bertz CT molecular complexity index is 1440. The van der Waals surface area contributed by atoms with Crippen LogP contribution >= 0.6 is 0 Å². The number of aromatic nitrogens is 4. The van der Waals surface area contributed by atoms with E-state index < -0.39 is 12.2 Å². The molecule has 4 heterocycles. The van der Waals surface area contributed by atoms with Crippen molar-refractivity contribution in [3.63, 3.8) is 0 Å². The summed E-state index contributed by atoms with van der Waals surface area (Å²) in [6.45, 7) is 4.00. The van der Waals surface area contributed by atoms with Crippen LogP contribution in [0.5, 0.6) is 0 Å². The summed E-state index contributed by atoms with van der Waals surface area (Å²) in [6.07, 6.45) is 7.76. The van der Waals surface area contributed by atoms with Crippen molar-refractivity contribution in [2.75, 3.05) is 35.2 Å². The first kappa shape index (κ1) is 24.5. The molecular weight excluding hydrogens is 478 g/mol. The molecule has 2 unspecified atom stereocenters. The molecule has 6 rings (SSSR count). The van der Waals surface area contributed by atoms with E-state index in [2.05, 4.69) is 44.6 Å². The standard InChI is InChI=1S/C29H33N7O2/c1-2-10-31-20-4-3-5-21(14-20)33-26-13-19(8-11-32-26)28-34-23-16-30-15-22(18-6-7-18)27(23)29(35-28)36-12-9-24(37)25(38)17-36/h3-5,8,11,13-16,18,24-25,31,37-38H,2,6-7,9-10,12,17H2,1H3,(H,32,33). The summed E-state index contributed by atoms with van der Waals surface area (Å²) in [5.41, 5.74) is 4.79. The number of nitrogens with one attached hydrogen (secondary N) is 2. The molecule has 2 atom stereocenters. The van der Waals surface area contributed by atoms with Gasteiger partial charge in [0.25, 0.3) is 0 Å². The number of hydrogen-bond acceptors (Lipinski definition) is 9. The minimum Gasteiger partial charge on any atom is -0.390 e. The molecule has 1 aliphatic carbocycles. The van der Waals surface area contributed by atoms with E-state index >= 15 is 0 Å². The molecule has 9 nitrogen and oxygen atoms in total. The van der Waals surface area contributed by atoms with E-state index in [0.29, 0.717) is 37.1 Å². The van der Waals surface area contributed by atoms with Crippen molar-refractivity contribution in [2.45, 2.75) is 50.7 Å². The first-order valence-corrected chi connectivity index (χ1v) is 13.4. The molecule has 1 saturated heterocycles. The third-order valence-electron chi connectivity index (χ3n) is 7.21. The van der Waals surface area contributed by atoms with Crippen molar-refractivity contribution >= 4 is 33.9 Å². The Hall–Kier alpha value is -3.82. The fourth-order valence-electron chi connectivity index (χ4n) is 5.02. The number of β-amino-alcohol motifs (C(OH)–C–C–N with tert-alkyl or cyclic N) is 1. The second-order valence-corrected chi connectivity index (χ2v) is 10.2. The van der Waals surface area contributed by atoms with Gasteiger partial charge < -0.3 is 25.7 Å². The lowest BCUT2D eigenvalue weighted by Gasteiger charge is -2.35. The van der Waals surface area contributed by atoms with Gasteiger partial charge in [0.1, 0.15) is 11.6 Å². The number of aliphatic hydroxyl groups is 2. The van der Waals surface area contributed by atoms with Crippen LogP contribution in [0.1, 0.15) is 44.1 Å². The molecule has 4 aromatic rings. The number of rotatable bonds is 8. The summed E-state index contributed by atoms with van der Waals surface area (Å²) in [7, 11) is 0. The predicted octanol–water partition coefficient (Wildman–Crippen LogP) is 4.46. The Balaban J connectivity index is 1.37. The first-order chi connectivity index (χ1) is 18.6. The summed E-state index contributed by atoms with van der Waals surface area (Å²) >= 11 is 0. The zero-order valence-corrected chi connectivity index (χ0v) is 21.5. The molecule has 1 aliphatic heterocycles. The summed E-state index contributed by atoms with van der Waals surface area (Å²) in [5.74, 6) is 2.54. The van der Waals surface area contributed by atoms with E-state index in [9.17, 15) is 10.2 Å². The van der Waals surface area contributed by atoms with Crippen LogP contribution in [0.4, 0.5) is 23.0 Å². The Morgan fingerprint density at radius 2 is 1.87 bits per heavy atom. The highest BCUT2D eigenvalue weighted by Crippen LogP contribution is 2.45. The molecule has 0 radical (unpaired) electrons. The highest BCUT2D eigenvalue weighted by Gasteiger charge is 2.32. The fourth-order valence-corrected chi connectivity index (χ4v) is 5.02. The predicted molar refractivity (Wildman–Crippen MR) is 150 cm³/mol. The van der Waals surface area contributed by atoms with E-state index in [4.69, 9.17) is 9.97 Å². The van der Waals surface area contributed by atoms with Gasteiger partial charge in [0, 0.05) is 54.4 Å². The van der Waals surface area contributed by atoms with Crippen LogP contribution in [0.15, 0.2) is 55.0 Å². The van der Waals surface area contributed by atoms with Crippen molar-refractivity contribution in [3.05, 3.63) is 60.6 Å². The lowest BCUT2D eigenvalue weighted by atomic mass is 10.0. The molecule has 0 spiro atoms. The largest absolute Gasteiger partial charge is 0.390 e. The second-order valence-electron chi connectivity index (χ2n) is 10.2. The maximum Gasteiger partial charge on any atom is 0.162 e. The van der Waals surface area contributed by atoms with Gasteiger partial charge in [-0.2, -0.15) is 0 Å². The van der Waals surface area contributed by atoms with Gasteiger partial charge in [-0.25, -0.2) is 15.0 Å². The number of nitrogens with zero attached hydrogens (tertiary/aromatic N) is 5. The zero-order chi connectivity index (χ0) is 26.1. The van der Waals surface area contributed by atoms with Gasteiger partial charge in [-0.3, -0.25) is 4.98 Å². The molecular formula is C29H33N7O2. The van der Waals surface area contributed by atoms with Crippen LogP contribution in [0.25, 0.3) is 22.3 Å². The normalized spacial score (nSPS) is 19.5. The molecule has 1 aromatic carbocycles. The van der Waals surface area contributed by atoms with Crippen molar-refractivity contribution in [1.82, 2.24) is 19.9 Å². The van der Waals surface area contributed by atoms with E-state index in [1.807, 2.05) is 30.5 Å². The molecule has 0 amide bonds. The third-order valence-corrected chi connectivity index (χ3v) is 7.21. The van der Waals surface area contributed by atoms with Gasteiger partial charge in [0.05, 0.1) is 23.9 Å². The zero-order valence-electron chi connectivity index (χ0n) is 21.5. The van der Waals surface area contributed by atoms with Crippen LogP contribution in [0.2, 0.25) is 0 Å². The van der Waals surface area contributed by atoms with Crippen LogP contribution in [0, 0.1) is 0 Å². The highest BCUT2D eigenvalue weighted by molar-refractivity contribution is 5.94. The van der Waals surface area contributed by atoms with E-state index in [1.165, 1.54) is 5.56 Å². The van der Waals surface area contributed by atoms with Crippen LogP contribution in [-0.2, 0) is 0 Å². The van der Waals surface area contributed by atoms with E-state index in [-0.39, 0.29) is 0 Å². The molecule has 1 saturated carbocycles. The number of anilines is 4. The molecule has 2 aliphatic rings. The van der Waals surface area contributed by atoms with E-state index in [0.717, 1.165) is 59.5 Å². The quantitative estimate of drug-likeness (QED) is 0.272. The van der Waals surface area contributed by atoms with Crippen LogP contribution in [-0.4, -0.2) is 62.0 Å². The first-order valence-electron chi connectivity index (χ1n) is 13.4. The minimum atomic E-state index is -0.817. The third kappa shape index (κ3) is 5.12. The van der Waals surface area contributed by atoms with Gasteiger partial charge >= 0.3 is 0 Å². The second kappa shape index (κ2) is 10.5. The number of aliphatic hydroxyl groups excluding tert-OH is 2. The van der Waals surface area contributed by atoms with Crippen LogP contribution < -0.4 is 15.5 Å². The average molecular weight is 512 g/mol. The SMILES string of the molecule is CCCNc1cccc(Nc2cc(-c3nc(N4CCC(O)C(O)C4)c4c(C5CC5)cncc4n3)ccn2)c1. The minimum absolute atomic E-state index is 0.324. The maximum absolute atomic E-state index is 10.4. The monoisotopic (exact) mass is 511 g/mol. The Labute approximate surface area is 222 Å².